The molecule has 0 aromatic heterocycles. The molecule has 78 valence electrons. The summed E-state index contributed by atoms with van der Waals surface area (Å²) in [6, 6.07) is 3.78. The van der Waals surface area contributed by atoms with E-state index in [9.17, 15) is 9.18 Å². The van der Waals surface area contributed by atoms with Crippen molar-refractivity contribution in [1.82, 2.24) is 5.32 Å². The minimum atomic E-state index is -1.29. The van der Waals surface area contributed by atoms with Gasteiger partial charge < -0.3 is 10.4 Å². The first-order valence-electron chi connectivity index (χ1n) is 4.31. The lowest BCUT2D eigenvalue weighted by molar-refractivity contribution is 0.0692. The highest BCUT2D eigenvalue weighted by molar-refractivity contribution is 5.88. The van der Waals surface area contributed by atoms with Gasteiger partial charge in [0.25, 0.3) is 0 Å². The summed E-state index contributed by atoms with van der Waals surface area (Å²) in [7, 11) is 1.75. The second-order valence-electron chi connectivity index (χ2n) is 2.83. The molecule has 0 fully saturated rings. The van der Waals surface area contributed by atoms with Crippen LogP contribution in [0.25, 0.3) is 0 Å². The average Bonchev–Trinajstić information content (AvgIpc) is 2.20. The number of carboxylic acids is 1. The number of rotatable bonds is 2. The number of carbonyl (C=O) groups is 1. The fourth-order valence-corrected chi connectivity index (χ4v) is 1.00. The molecule has 0 saturated carbocycles. The molecule has 3 nitrogen and oxygen atoms in total. The van der Waals surface area contributed by atoms with Gasteiger partial charge in [-0.3, -0.25) is 0 Å². The lowest BCUT2D eigenvalue weighted by Crippen LogP contribution is -2.04. The van der Waals surface area contributed by atoms with E-state index < -0.39 is 11.8 Å². The van der Waals surface area contributed by atoms with Gasteiger partial charge in [0.05, 0.1) is 12.1 Å². The number of hydrogen-bond acceptors (Lipinski definition) is 2. The molecule has 0 saturated heterocycles. The molecular weight excluding hydrogens is 197 g/mol. The summed E-state index contributed by atoms with van der Waals surface area (Å²) in [6.07, 6.45) is 0. The monoisotopic (exact) mass is 207 g/mol. The Kier molecular flexibility index (Phi) is 3.83. The van der Waals surface area contributed by atoms with Crippen LogP contribution in [0.15, 0.2) is 18.2 Å². The SMILES string of the molecule is CNCC#Cc1ccc(F)c(C(=O)O)c1. The lowest BCUT2D eigenvalue weighted by Gasteiger charge is -1.97. The lowest BCUT2D eigenvalue weighted by atomic mass is 10.1. The molecule has 0 unspecified atom stereocenters. The van der Waals surface area contributed by atoms with Crippen LogP contribution in [-0.4, -0.2) is 24.7 Å². The van der Waals surface area contributed by atoms with Crippen molar-refractivity contribution in [1.29, 1.82) is 0 Å². The van der Waals surface area contributed by atoms with Crippen molar-refractivity contribution in [2.45, 2.75) is 0 Å². The molecule has 1 aromatic rings. The molecule has 0 aliphatic rings. The molecule has 0 bridgehead atoms. The quantitative estimate of drug-likeness (QED) is 0.714. The van der Waals surface area contributed by atoms with Crippen LogP contribution in [0.1, 0.15) is 15.9 Å². The highest BCUT2D eigenvalue weighted by atomic mass is 19.1. The smallest absolute Gasteiger partial charge is 0.338 e. The van der Waals surface area contributed by atoms with Crippen molar-refractivity contribution in [2.24, 2.45) is 0 Å². The maximum absolute atomic E-state index is 13.0. The van der Waals surface area contributed by atoms with Gasteiger partial charge in [0.2, 0.25) is 0 Å². The van der Waals surface area contributed by atoms with E-state index in [0.29, 0.717) is 12.1 Å². The van der Waals surface area contributed by atoms with Gasteiger partial charge in [0.15, 0.2) is 0 Å². The van der Waals surface area contributed by atoms with Crippen LogP contribution in [-0.2, 0) is 0 Å². The van der Waals surface area contributed by atoms with Gasteiger partial charge in [-0.1, -0.05) is 11.8 Å². The molecule has 0 aliphatic heterocycles. The van der Waals surface area contributed by atoms with Gasteiger partial charge in [-0.05, 0) is 25.2 Å². The third kappa shape index (κ3) is 3.08. The van der Waals surface area contributed by atoms with Crippen LogP contribution >= 0.6 is 0 Å². The number of halogens is 1. The third-order valence-corrected chi connectivity index (χ3v) is 1.69. The predicted octanol–water partition coefficient (Wildman–Crippen LogP) is 1.09. The summed E-state index contributed by atoms with van der Waals surface area (Å²) in [5.41, 5.74) is 0.135. The van der Waals surface area contributed by atoms with E-state index >= 15 is 0 Å². The van der Waals surface area contributed by atoms with Crippen molar-refractivity contribution >= 4 is 5.97 Å². The van der Waals surface area contributed by atoms with Gasteiger partial charge in [-0.15, -0.1) is 0 Å². The summed E-state index contributed by atoms with van der Waals surface area (Å²) in [6.45, 7) is 0.500. The molecular formula is C11H10FNO2. The largest absolute Gasteiger partial charge is 0.478 e. The maximum atomic E-state index is 13.0. The molecule has 0 amide bonds. The van der Waals surface area contributed by atoms with E-state index in [4.69, 9.17) is 5.11 Å². The van der Waals surface area contributed by atoms with Crippen molar-refractivity contribution in [3.63, 3.8) is 0 Å². The van der Waals surface area contributed by atoms with E-state index in [1.807, 2.05) is 0 Å². The standard InChI is InChI=1S/C11H10FNO2/c1-13-6-2-3-8-4-5-10(12)9(7-8)11(14)15/h4-5,7,13H,6H2,1H3,(H,14,15). The first kappa shape index (κ1) is 11.2. The average molecular weight is 207 g/mol. The van der Waals surface area contributed by atoms with E-state index in [0.717, 1.165) is 6.07 Å². The molecule has 2 N–H and O–H groups in total. The Bertz CT molecular complexity index is 432. The normalized spacial score (nSPS) is 9.20. The molecule has 4 heteroatoms. The molecule has 0 atom stereocenters. The Hall–Kier alpha value is -1.86. The maximum Gasteiger partial charge on any atom is 0.338 e. The van der Waals surface area contributed by atoms with Gasteiger partial charge >= 0.3 is 5.97 Å². The van der Waals surface area contributed by atoms with E-state index in [1.165, 1.54) is 12.1 Å². The summed E-state index contributed by atoms with van der Waals surface area (Å²) in [5, 5.41) is 11.5. The topological polar surface area (TPSA) is 49.3 Å². The third-order valence-electron chi connectivity index (χ3n) is 1.69. The van der Waals surface area contributed by atoms with Crippen LogP contribution in [0.5, 0.6) is 0 Å². The molecule has 15 heavy (non-hydrogen) atoms. The number of nitrogens with one attached hydrogen (secondary N) is 1. The van der Waals surface area contributed by atoms with Crippen LogP contribution in [0.3, 0.4) is 0 Å². The van der Waals surface area contributed by atoms with Gasteiger partial charge in [-0.25, -0.2) is 9.18 Å². The van der Waals surface area contributed by atoms with Gasteiger partial charge in [0, 0.05) is 5.56 Å². The minimum absolute atomic E-state index is 0.355. The Labute approximate surface area is 86.9 Å². The zero-order chi connectivity index (χ0) is 11.3. The number of benzene rings is 1. The fraction of sp³-hybridized carbons (Fsp3) is 0.182. The van der Waals surface area contributed by atoms with E-state index in [2.05, 4.69) is 17.2 Å². The highest BCUT2D eigenvalue weighted by Gasteiger charge is 2.09. The Balaban J connectivity index is 2.99. The van der Waals surface area contributed by atoms with Crippen molar-refractivity contribution in [3.8, 4) is 11.8 Å². The van der Waals surface area contributed by atoms with E-state index in [-0.39, 0.29) is 5.56 Å². The van der Waals surface area contributed by atoms with Crippen LogP contribution < -0.4 is 5.32 Å². The zero-order valence-corrected chi connectivity index (χ0v) is 8.17. The number of carboxylic acid groups (broad SMARTS) is 1. The predicted molar refractivity (Wildman–Crippen MR) is 54.2 cm³/mol. The first-order chi connectivity index (χ1) is 7.15. The Morgan fingerprint density at radius 2 is 2.33 bits per heavy atom. The fourth-order valence-electron chi connectivity index (χ4n) is 1.00. The minimum Gasteiger partial charge on any atom is -0.478 e. The highest BCUT2D eigenvalue weighted by Crippen LogP contribution is 2.09. The second kappa shape index (κ2) is 5.13. The van der Waals surface area contributed by atoms with Crippen molar-refractivity contribution < 1.29 is 14.3 Å². The first-order valence-corrected chi connectivity index (χ1v) is 4.31. The molecule has 0 aliphatic carbocycles. The number of hydrogen-bond donors (Lipinski definition) is 2. The van der Waals surface area contributed by atoms with Gasteiger partial charge in [-0.2, -0.15) is 0 Å². The molecule has 1 rings (SSSR count). The van der Waals surface area contributed by atoms with Crippen LogP contribution in [0.4, 0.5) is 4.39 Å². The van der Waals surface area contributed by atoms with Crippen molar-refractivity contribution in [2.75, 3.05) is 13.6 Å². The van der Waals surface area contributed by atoms with Crippen LogP contribution in [0, 0.1) is 17.7 Å². The summed E-state index contributed by atoms with van der Waals surface area (Å²) < 4.78 is 13.0. The summed E-state index contributed by atoms with van der Waals surface area (Å²) >= 11 is 0. The molecule has 0 heterocycles. The second-order valence-corrected chi connectivity index (χ2v) is 2.83. The molecule has 0 radical (unpaired) electrons. The Morgan fingerprint density at radius 3 is 2.93 bits per heavy atom. The molecule has 1 aromatic carbocycles. The Morgan fingerprint density at radius 1 is 1.60 bits per heavy atom. The van der Waals surface area contributed by atoms with E-state index in [1.54, 1.807) is 7.05 Å². The van der Waals surface area contributed by atoms with Crippen LogP contribution in [0.2, 0.25) is 0 Å². The summed E-state index contributed by atoms with van der Waals surface area (Å²) in [5.74, 6) is 3.45. The zero-order valence-electron chi connectivity index (χ0n) is 8.17. The number of aromatic carboxylic acids is 1. The molecule has 0 spiro atoms. The van der Waals surface area contributed by atoms with Gasteiger partial charge in [0.1, 0.15) is 5.82 Å². The van der Waals surface area contributed by atoms with Crippen molar-refractivity contribution in [3.05, 3.63) is 35.1 Å². The summed E-state index contributed by atoms with van der Waals surface area (Å²) in [4.78, 5) is 10.6.